The molecule has 24 heavy (non-hydrogen) atoms. The number of nitrogens with one attached hydrogen (secondary N) is 1. The molecule has 5 nitrogen and oxygen atoms in total. The summed E-state index contributed by atoms with van der Waals surface area (Å²) in [5.74, 6) is 0. The molecule has 0 spiro atoms. The highest BCUT2D eigenvalue weighted by Crippen LogP contribution is 2.23. The van der Waals surface area contributed by atoms with Crippen LogP contribution in [-0.2, 0) is 11.2 Å². The number of ether oxygens (including phenoxy) is 1. The van der Waals surface area contributed by atoms with E-state index in [1.807, 2.05) is 10.3 Å². The van der Waals surface area contributed by atoms with Gasteiger partial charge in [-0.15, -0.1) is 11.3 Å². The molecule has 2 heterocycles. The van der Waals surface area contributed by atoms with Crippen molar-refractivity contribution in [1.29, 1.82) is 0 Å². The molecule has 0 saturated carbocycles. The van der Waals surface area contributed by atoms with Crippen molar-refractivity contribution < 1.29 is 9.53 Å². The number of carbonyl (C=O) groups excluding carboxylic acids is 1. The van der Waals surface area contributed by atoms with Gasteiger partial charge in [-0.2, -0.15) is 0 Å². The molecule has 0 aliphatic carbocycles. The van der Waals surface area contributed by atoms with Gasteiger partial charge in [-0.1, -0.05) is 18.2 Å². The van der Waals surface area contributed by atoms with Crippen LogP contribution in [0.15, 0.2) is 29.8 Å². The van der Waals surface area contributed by atoms with Crippen molar-refractivity contribution in [2.75, 3.05) is 26.2 Å². The number of hydrogen-bond acceptors (Lipinski definition) is 4. The maximum absolute atomic E-state index is 12.4. The zero-order valence-corrected chi connectivity index (χ0v) is 14.9. The molecule has 1 atom stereocenters. The number of nitrogens with zero attached hydrogens (tertiary/aromatic N) is 2. The van der Waals surface area contributed by atoms with E-state index in [9.17, 15) is 4.79 Å². The second-order valence-corrected chi connectivity index (χ2v) is 6.95. The zero-order valence-electron chi connectivity index (χ0n) is 14.1. The number of carbonyl (C=O) groups is 1. The molecule has 1 N–H and O–H groups in total. The minimum Gasteiger partial charge on any atom is -0.367 e. The summed E-state index contributed by atoms with van der Waals surface area (Å²) in [5.41, 5.74) is 3.87. The van der Waals surface area contributed by atoms with Gasteiger partial charge in [-0.3, -0.25) is 0 Å². The predicted octanol–water partition coefficient (Wildman–Crippen LogP) is 3.09. The van der Waals surface area contributed by atoms with E-state index in [1.54, 1.807) is 17.5 Å². The number of rotatable bonds is 4. The van der Waals surface area contributed by atoms with Crippen molar-refractivity contribution in [2.24, 2.45) is 0 Å². The van der Waals surface area contributed by atoms with E-state index >= 15 is 0 Å². The fraction of sp³-hybridized carbons (Fsp3) is 0.444. The largest absolute Gasteiger partial charge is 0.367 e. The van der Waals surface area contributed by atoms with Crippen LogP contribution in [0.2, 0.25) is 0 Å². The topological polar surface area (TPSA) is 54.5 Å². The number of aromatic nitrogens is 1. The number of morpholine rings is 1. The average molecular weight is 345 g/mol. The van der Waals surface area contributed by atoms with Gasteiger partial charge in [0.15, 0.2) is 0 Å². The number of thiazole rings is 1. The van der Waals surface area contributed by atoms with Gasteiger partial charge in [0.1, 0.15) is 11.1 Å². The van der Waals surface area contributed by atoms with E-state index in [1.165, 1.54) is 16.7 Å². The second-order valence-electron chi connectivity index (χ2n) is 6.03. The normalized spacial score (nSPS) is 17.8. The standard InChI is InChI=1S/C18H23N3O2S/c1-13-4-3-5-14(2)15(13)6-7-20-18(22)21-9-10-23-16(12-21)17-19-8-11-24-17/h3-5,8,11,16H,6-7,9-10,12H2,1-2H3,(H,20,22)/t16-/m1/s1. The van der Waals surface area contributed by atoms with Crippen LogP contribution in [0, 0.1) is 13.8 Å². The van der Waals surface area contributed by atoms with E-state index in [-0.39, 0.29) is 12.1 Å². The summed E-state index contributed by atoms with van der Waals surface area (Å²) in [6.45, 7) is 6.60. The molecule has 3 rings (SSSR count). The third kappa shape index (κ3) is 3.94. The first-order valence-electron chi connectivity index (χ1n) is 8.24. The van der Waals surface area contributed by atoms with Crippen molar-refractivity contribution in [3.63, 3.8) is 0 Å². The maximum Gasteiger partial charge on any atom is 0.317 e. The van der Waals surface area contributed by atoms with Crippen LogP contribution in [0.3, 0.4) is 0 Å². The molecule has 0 radical (unpaired) electrons. The van der Waals surface area contributed by atoms with Gasteiger partial charge >= 0.3 is 6.03 Å². The fourth-order valence-corrected chi connectivity index (χ4v) is 3.70. The van der Waals surface area contributed by atoms with Crippen molar-refractivity contribution in [2.45, 2.75) is 26.4 Å². The van der Waals surface area contributed by atoms with Crippen LogP contribution >= 0.6 is 11.3 Å². The summed E-state index contributed by atoms with van der Waals surface area (Å²) < 4.78 is 5.73. The lowest BCUT2D eigenvalue weighted by Gasteiger charge is -2.32. The molecule has 0 bridgehead atoms. The lowest BCUT2D eigenvalue weighted by atomic mass is 10.0. The van der Waals surface area contributed by atoms with Crippen LogP contribution in [-0.4, -0.2) is 42.2 Å². The molecule has 1 aliphatic heterocycles. The Labute approximate surface area is 146 Å². The maximum atomic E-state index is 12.4. The van der Waals surface area contributed by atoms with E-state index in [2.05, 4.69) is 42.3 Å². The highest BCUT2D eigenvalue weighted by Gasteiger charge is 2.26. The third-order valence-corrected chi connectivity index (χ3v) is 5.24. The highest BCUT2D eigenvalue weighted by molar-refractivity contribution is 7.09. The van der Waals surface area contributed by atoms with Gasteiger partial charge < -0.3 is 15.0 Å². The monoisotopic (exact) mass is 345 g/mol. The molecular formula is C18H23N3O2S. The lowest BCUT2D eigenvalue weighted by molar-refractivity contribution is -0.0154. The summed E-state index contributed by atoms with van der Waals surface area (Å²) in [4.78, 5) is 18.5. The Hall–Kier alpha value is -1.92. The molecule has 1 aromatic carbocycles. The summed E-state index contributed by atoms with van der Waals surface area (Å²) in [6, 6.07) is 6.28. The van der Waals surface area contributed by atoms with Gasteiger partial charge in [0, 0.05) is 24.7 Å². The van der Waals surface area contributed by atoms with Gasteiger partial charge in [0.2, 0.25) is 0 Å². The van der Waals surface area contributed by atoms with Gasteiger partial charge in [0.05, 0.1) is 13.2 Å². The van der Waals surface area contributed by atoms with Crippen molar-refractivity contribution in [3.05, 3.63) is 51.5 Å². The molecule has 0 unspecified atom stereocenters. The molecule has 1 saturated heterocycles. The first kappa shape index (κ1) is 16.9. The molecule has 1 aliphatic rings. The van der Waals surface area contributed by atoms with Gasteiger partial charge in [0.25, 0.3) is 0 Å². The Bertz CT molecular complexity index is 667. The predicted molar refractivity (Wildman–Crippen MR) is 95.4 cm³/mol. The number of amides is 2. The second kappa shape index (κ2) is 7.77. The quantitative estimate of drug-likeness (QED) is 0.926. The average Bonchev–Trinajstić information content (AvgIpc) is 3.12. The first-order valence-corrected chi connectivity index (χ1v) is 9.12. The van der Waals surface area contributed by atoms with Crippen LogP contribution in [0.5, 0.6) is 0 Å². The van der Waals surface area contributed by atoms with Gasteiger partial charge in [-0.25, -0.2) is 9.78 Å². The van der Waals surface area contributed by atoms with E-state index in [4.69, 9.17) is 4.74 Å². The first-order chi connectivity index (χ1) is 11.6. The number of benzene rings is 1. The molecule has 1 aromatic heterocycles. The number of hydrogen-bond donors (Lipinski definition) is 1. The third-order valence-electron chi connectivity index (χ3n) is 4.38. The Morgan fingerprint density at radius 2 is 2.21 bits per heavy atom. The Morgan fingerprint density at radius 1 is 1.42 bits per heavy atom. The number of aryl methyl sites for hydroxylation is 2. The molecule has 6 heteroatoms. The van der Waals surface area contributed by atoms with Gasteiger partial charge in [-0.05, 0) is 37.0 Å². The van der Waals surface area contributed by atoms with Crippen LogP contribution < -0.4 is 5.32 Å². The molecule has 2 amide bonds. The van der Waals surface area contributed by atoms with Crippen LogP contribution in [0.4, 0.5) is 4.79 Å². The Balaban J connectivity index is 1.51. The van der Waals surface area contributed by atoms with Crippen molar-refractivity contribution >= 4 is 17.4 Å². The minimum atomic E-state index is -0.108. The summed E-state index contributed by atoms with van der Waals surface area (Å²) in [5, 5.41) is 5.90. The van der Waals surface area contributed by atoms with Crippen molar-refractivity contribution in [3.8, 4) is 0 Å². The summed E-state index contributed by atoms with van der Waals surface area (Å²) in [7, 11) is 0. The van der Waals surface area contributed by atoms with E-state index < -0.39 is 0 Å². The minimum absolute atomic E-state index is 0.0221. The molecule has 2 aromatic rings. The lowest BCUT2D eigenvalue weighted by Crippen LogP contribution is -2.47. The Morgan fingerprint density at radius 3 is 2.92 bits per heavy atom. The van der Waals surface area contributed by atoms with E-state index in [0.29, 0.717) is 26.2 Å². The summed E-state index contributed by atoms with van der Waals surface area (Å²) >= 11 is 1.57. The van der Waals surface area contributed by atoms with Crippen LogP contribution in [0.25, 0.3) is 0 Å². The van der Waals surface area contributed by atoms with Crippen molar-refractivity contribution in [1.82, 2.24) is 15.2 Å². The van der Waals surface area contributed by atoms with E-state index in [0.717, 1.165) is 11.4 Å². The summed E-state index contributed by atoms with van der Waals surface area (Å²) in [6.07, 6.45) is 2.51. The zero-order chi connectivity index (χ0) is 16.9. The van der Waals surface area contributed by atoms with Crippen LogP contribution in [0.1, 0.15) is 27.8 Å². The molecule has 128 valence electrons. The smallest absolute Gasteiger partial charge is 0.317 e. The molecule has 1 fully saturated rings. The fourth-order valence-electron chi connectivity index (χ4n) is 3.03. The Kier molecular flexibility index (Phi) is 5.48. The number of urea groups is 1. The highest BCUT2D eigenvalue weighted by atomic mass is 32.1. The SMILES string of the molecule is Cc1cccc(C)c1CCNC(=O)N1CCO[C@@H](c2nccs2)C1. The molecular weight excluding hydrogens is 322 g/mol.